The first kappa shape index (κ1) is 37.7. The Kier molecular flexibility index (Phi) is 11.1. The molecule has 4 aliphatic carbocycles. The average Bonchev–Trinajstić information content (AvgIpc) is 3.34. The van der Waals surface area contributed by atoms with Crippen LogP contribution in [0.15, 0.2) is 66.5 Å². The number of halogens is 1. The van der Waals surface area contributed by atoms with Crippen LogP contribution in [0, 0.1) is 23.7 Å². The number of aryl methyl sites for hydroxylation is 1. The maximum Gasteiger partial charge on any atom is 0.494 e. The SMILES string of the molecule is COC(=C1C2CC3CC(C2)CC1C3)c1ccc(/C=C/c2cc[n+](CCCCCC(=O)O)cc2)c(OCc2ccc(B3OC(C)(C)C(C)(C)O3)cc2)c1Cl. The normalized spacial score (nSPS) is 23.9. The van der Waals surface area contributed by atoms with E-state index in [1.54, 1.807) is 7.11 Å². The molecule has 7 nitrogen and oxygen atoms in total. The third-order valence-corrected chi connectivity index (χ3v) is 12.8. The third-order valence-electron chi connectivity index (χ3n) is 12.4. The van der Waals surface area contributed by atoms with Crippen LogP contribution >= 0.6 is 11.6 Å². The fourth-order valence-electron chi connectivity index (χ4n) is 9.04. The monoisotopic (exact) mass is 738 g/mol. The zero-order valence-electron chi connectivity index (χ0n) is 31.9. The zero-order valence-corrected chi connectivity index (χ0v) is 32.7. The van der Waals surface area contributed by atoms with Gasteiger partial charge < -0.3 is 23.9 Å². The molecule has 0 radical (unpaired) electrons. The van der Waals surface area contributed by atoms with Crippen molar-refractivity contribution in [2.75, 3.05) is 7.11 Å². The number of aromatic nitrogens is 1. The molecule has 2 heterocycles. The number of hydrogen-bond acceptors (Lipinski definition) is 5. The van der Waals surface area contributed by atoms with Gasteiger partial charge in [-0.15, -0.1) is 0 Å². The number of carboxylic acid groups (broad SMARTS) is 1. The van der Waals surface area contributed by atoms with Gasteiger partial charge in [-0.1, -0.05) is 54.1 Å². The summed E-state index contributed by atoms with van der Waals surface area (Å²) in [6.45, 7) is 9.47. The van der Waals surface area contributed by atoms with Crippen molar-refractivity contribution in [3.05, 3.63) is 93.8 Å². The fraction of sp³-hybridized carbons (Fsp3) is 0.500. The molecule has 1 aliphatic heterocycles. The Balaban J connectivity index is 1.12. The van der Waals surface area contributed by atoms with Crippen molar-refractivity contribution in [1.82, 2.24) is 0 Å². The van der Waals surface area contributed by atoms with Gasteiger partial charge in [-0.3, -0.25) is 4.79 Å². The first-order valence-electron chi connectivity index (χ1n) is 19.5. The predicted octanol–water partition coefficient (Wildman–Crippen LogP) is 9.13. The van der Waals surface area contributed by atoms with Crippen molar-refractivity contribution in [1.29, 1.82) is 0 Å². The van der Waals surface area contributed by atoms with Crippen LogP contribution in [0.1, 0.15) is 108 Å². The van der Waals surface area contributed by atoms with Crippen molar-refractivity contribution in [2.45, 2.75) is 110 Å². The van der Waals surface area contributed by atoms with Crippen molar-refractivity contribution in [3.8, 4) is 5.75 Å². The van der Waals surface area contributed by atoms with E-state index in [9.17, 15) is 4.79 Å². The summed E-state index contributed by atoms with van der Waals surface area (Å²) in [5.74, 6) is 3.71. The number of hydrogen-bond donors (Lipinski definition) is 1. The molecule has 5 fully saturated rings. The number of pyridine rings is 1. The molecule has 3 aromatic rings. The summed E-state index contributed by atoms with van der Waals surface area (Å²) in [4.78, 5) is 10.8. The Hall–Kier alpha value is -3.59. The molecule has 4 bridgehead atoms. The highest BCUT2D eigenvalue weighted by atomic mass is 35.5. The Morgan fingerprint density at radius 2 is 1.53 bits per heavy atom. The lowest BCUT2D eigenvalue weighted by molar-refractivity contribution is -0.697. The number of aliphatic carboxylic acids is 1. The standard InChI is InChI=1S/C44H53BClNO6/c1-43(2)44(3,4)53-45(52-43)36-15-11-30(12-16-36)28-51-41-33(13-10-29-18-21-47(22-19-29)20-8-6-7-9-38(48)49)14-17-37(40(41)46)42(50-5)39-34-24-31-23-32(26-34)27-35(39)25-31/h10-19,21-22,31-32,34-35H,6-9,20,23-28H2,1-5H3/p+1/b13-10+,42-39?. The summed E-state index contributed by atoms with van der Waals surface area (Å²) in [6.07, 6.45) is 17.5. The smallest absolute Gasteiger partial charge is 0.494 e. The summed E-state index contributed by atoms with van der Waals surface area (Å²) in [5, 5.41) is 9.45. The van der Waals surface area contributed by atoms with Crippen LogP contribution < -0.4 is 14.8 Å². The number of carbonyl (C=O) groups is 1. The highest BCUT2D eigenvalue weighted by Gasteiger charge is 2.51. The van der Waals surface area contributed by atoms with Gasteiger partial charge in [0.25, 0.3) is 0 Å². The van der Waals surface area contributed by atoms with Gasteiger partial charge in [0.05, 0.1) is 23.3 Å². The third kappa shape index (κ3) is 8.25. The maximum atomic E-state index is 10.8. The number of unbranched alkanes of at least 4 members (excludes halogenated alkanes) is 2. The minimum atomic E-state index is -0.732. The molecule has 1 aromatic heterocycles. The van der Waals surface area contributed by atoms with E-state index in [1.165, 1.54) is 37.7 Å². The second-order valence-corrected chi connectivity index (χ2v) is 17.0. The number of benzene rings is 2. The minimum Gasteiger partial charge on any atom is -0.496 e. The van der Waals surface area contributed by atoms with E-state index in [-0.39, 0.29) is 6.42 Å². The molecule has 9 heteroatoms. The molecule has 280 valence electrons. The van der Waals surface area contributed by atoms with E-state index >= 15 is 0 Å². The van der Waals surface area contributed by atoms with Gasteiger partial charge in [0.1, 0.15) is 24.7 Å². The maximum absolute atomic E-state index is 10.8. The molecule has 1 N–H and O–H groups in total. The molecule has 0 atom stereocenters. The highest BCUT2D eigenvalue weighted by Crippen LogP contribution is 2.58. The van der Waals surface area contributed by atoms with Crippen LogP contribution in [-0.4, -0.2) is 36.5 Å². The van der Waals surface area contributed by atoms with Gasteiger partial charge in [0.2, 0.25) is 0 Å². The molecular weight excluding hydrogens is 685 g/mol. The van der Waals surface area contributed by atoms with Crippen molar-refractivity contribution in [3.63, 3.8) is 0 Å². The molecule has 1 saturated heterocycles. The van der Waals surface area contributed by atoms with E-state index in [1.807, 2.05) is 0 Å². The number of rotatable bonds is 14. The number of nitrogens with zero attached hydrogens (tertiary/aromatic N) is 1. The highest BCUT2D eigenvalue weighted by molar-refractivity contribution is 6.62. The van der Waals surface area contributed by atoms with Crippen LogP contribution in [0.3, 0.4) is 0 Å². The Bertz CT molecular complexity index is 1800. The second kappa shape index (κ2) is 15.6. The van der Waals surface area contributed by atoms with Crippen LogP contribution in [0.4, 0.5) is 0 Å². The van der Waals surface area contributed by atoms with Gasteiger partial charge in [0.15, 0.2) is 12.4 Å². The second-order valence-electron chi connectivity index (χ2n) is 16.7. The lowest BCUT2D eigenvalue weighted by Gasteiger charge is -2.51. The Morgan fingerprint density at radius 3 is 2.13 bits per heavy atom. The van der Waals surface area contributed by atoms with E-state index in [4.69, 9.17) is 35.5 Å². The van der Waals surface area contributed by atoms with Crippen LogP contribution in [-0.2, 0) is 32.0 Å². The topological polar surface area (TPSA) is 78.1 Å². The first-order chi connectivity index (χ1) is 25.4. The zero-order chi connectivity index (χ0) is 37.3. The van der Waals surface area contributed by atoms with Gasteiger partial charge in [-0.05, 0) is 125 Å². The Labute approximate surface area is 320 Å². The summed E-state index contributed by atoms with van der Waals surface area (Å²) in [5.41, 5.74) is 5.53. The summed E-state index contributed by atoms with van der Waals surface area (Å²) < 4.78 is 27.6. The summed E-state index contributed by atoms with van der Waals surface area (Å²) >= 11 is 7.38. The van der Waals surface area contributed by atoms with E-state index in [0.29, 0.717) is 35.6 Å². The van der Waals surface area contributed by atoms with Crippen LogP contribution in [0.25, 0.3) is 17.9 Å². The largest absolute Gasteiger partial charge is 0.496 e. The van der Waals surface area contributed by atoms with Crippen molar-refractivity contribution < 1.29 is 33.3 Å². The Morgan fingerprint density at radius 1 is 0.887 bits per heavy atom. The molecule has 0 amide bonds. The number of ether oxygens (including phenoxy) is 2. The van der Waals surface area contributed by atoms with Crippen LogP contribution in [0.5, 0.6) is 5.75 Å². The molecule has 4 saturated carbocycles. The number of methoxy groups -OCH3 is 1. The van der Waals surface area contributed by atoms with E-state index in [0.717, 1.165) is 64.7 Å². The van der Waals surface area contributed by atoms with Crippen molar-refractivity contribution in [2.24, 2.45) is 23.7 Å². The molecule has 53 heavy (non-hydrogen) atoms. The van der Waals surface area contributed by atoms with E-state index < -0.39 is 24.3 Å². The quantitative estimate of drug-likeness (QED) is 0.0770. The summed E-state index contributed by atoms with van der Waals surface area (Å²) in [6, 6.07) is 16.6. The van der Waals surface area contributed by atoms with Gasteiger partial charge >= 0.3 is 13.1 Å². The van der Waals surface area contributed by atoms with E-state index in [2.05, 4.69) is 105 Å². The number of carboxylic acids is 1. The average molecular weight is 739 g/mol. The summed E-state index contributed by atoms with van der Waals surface area (Å²) in [7, 11) is 1.37. The molecule has 8 rings (SSSR count). The molecular formula is C44H54BClNO6+. The number of allylic oxidation sites excluding steroid dienone is 1. The molecule has 0 spiro atoms. The lowest BCUT2D eigenvalue weighted by atomic mass is 9.54. The molecule has 2 aromatic carbocycles. The predicted molar refractivity (Wildman–Crippen MR) is 211 cm³/mol. The molecule has 5 aliphatic rings. The van der Waals surface area contributed by atoms with Crippen molar-refractivity contribution >= 4 is 48.1 Å². The lowest BCUT2D eigenvalue weighted by Crippen LogP contribution is -2.41. The van der Waals surface area contributed by atoms with Gasteiger partial charge in [-0.2, -0.15) is 0 Å². The van der Waals surface area contributed by atoms with Gasteiger partial charge in [-0.25, -0.2) is 4.57 Å². The first-order valence-corrected chi connectivity index (χ1v) is 19.9. The molecule has 0 unspecified atom stereocenters. The van der Waals surface area contributed by atoms with Crippen LogP contribution in [0.2, 0.25) is 5.02 Å². The minimum absolute atomic E-state index is 0.228. The van der Waals surface area contributed by atoms with Gasteiger partial charge in [0, 0.05) is 36.1 Å². The fourth-order valence-corrected chi connectivity index (χ4v) is 9.35.